The van der Waals surface area contributed by atoms with Crippen molar-refractivity contribution >= 4 is 9.05 Å². The third-order valence-corrected chi connectivity index (χ3v) is 3.66. The smallest absolute Gasteiger partial charge is 0.379 e. The fourth-order valence-corrected chi connectivity index (χ4v) is 2.09. The maximum atomic E-state index is 5.37. The standard InChI is InChI=1S/C8H20O5Si/c1-5-6-12-7-8-13-14(9-2,10-3)11-4/h5-8H2,1-4H3. The van der Waals surface area contributed by atoms with Crippen LogP contribution in [0.1, 0.15) is 13.3 Å². The molecule has 0 bridgehead atoms. The summed E-state index contributed by atoms with van der Waals surface area (Å²) in [5.41, 5.74) is 0. The number of hydrogen-bond acceptors (Lipinski definition) is 5. The zero-order valence-electron chi connectivity index (χ0n) is 9.37. The molecule has 0 aliphatic heterocycles. The van der Waals surface area contributed by atoms with Crippen molar-refractivity contribution in [2.75, 3.05) is 41.2 Å². The van der Waals surface area contributed by atoms with E-state index in [4.69, 9.17) is 22.4 Å². The van der Waals surface area contributed by atoms with Gasteiger partial charge in [-0.2, -0.15) is 0 Å². The molecule has 0 aromatic rings. The Labute approximate surface area is 86.7 Å². The van der Waals surface area contributed by atoms with Crippen LogP contribution >= 0.6 is 0 Å². The lowest BCUT2D eigenvalue weighted by molar-refractivity contribution is -0.0118. The van der Waals surface area contributed by atoms with Gasteiger partial charge in [0, 0.05) is 27.9 Å². The van der Waals surface area contributed by atoms with Crippen molar-refractivity contribution in [2.24, 2.45) is 0 Å². The second kappa shape index (κ2) is 8.34. The molecular weight excluding hydrogens is 204 g/mol. The van der Waals surface area contributed by atoms with E-state index >= 15 is 0 Å². The first kappa shape index (κ1) is 14.0. The van der Waals surface area contributed by atoms with Gasteiger partial charge < -0.3 is 22.4 Å². The maximum Gasteiger partial charge on any atom is 0.678 e. The van der Waals surface area contributed by atoms with E-state index < -0.39 is 9.05 Å². The molecule has 0 spiro atoms. The van der Waals surface area contributed by atoms with Crippen LogP contribution in [0, 0.1) is 0 Å². The van der Waals surface area contributed by atoms with E-state index in [1.807, 2.05) is 0 Å². The molecule has 0 aromatic heterocycles. The third-order valence-electron chi connectivity index (χ3n) is 1.60. The highest BCUT2D eigenvalue weighted by atomic mass is 28.4. The van der Waals surface area contributed by atoms with Gasteiger partial charge in [0.25, 0.3) is 0 Å². The Bertz CT molecular complexity index is 121. The van der Waals surface area contributed by atoms with Crippen LogP contribution in [0.25, 0.3) is 0 Å². The van der Waals surface area contributed by atoms with Gasteiger partial charge in [0.1, 0.15) is 0 Å². The Morgan fingerprint density at radius 3 is 1.86 bits per heavy atom. The summed E-state index contributed by atoms with van der Waals surface area (Å²) >= 11 is 0. The van der Waals surface area contributed by atoms with Gasteiger partial charge in [0.2, 0.25) is 0 Å². The van der Waals surface area contributed by atoms with Gasteiger partial charge in [-0.15, -0.1) is 0 Å². The van der Waals surface area contributed by atoms with Crippen LogP contribution in [0.2, 0.25) is 0 Å². The average Bonchev–Trinajstić information content (AvgIpc) is 2.24. The molecule has 0 unspecified atom stereocenters. The Morgan fingerprint density at radius 1 is 0.857 bits per heavy atom. The summed E-state index contributed by atoms with van der Waals surface area (Å²) in [7, 11) is 1.66. The van der Waals surface area contributed by atoms with Crippen LogP contribution < -0.4 is 0 Å². The van der Waals surface area contributed by atoms with Gasteiger partial charge in [-0.3, -0.25) is 0 Å². The van der Waals surface area contributed by atoms with Crippen LogP contribution in [0.3, 0.4) is 0 Å². The molecule has 0 radical (unpaired) electrons. The largest absolute Gasteiger partial charge is 0.678 e. The van der Waals surface area contributed by atoms with Crippen LogP contribution in [0.15, 0.2) is 0 Å². The normalized spacial score (nSPS) is 12.0. The summed E-state index contributed by atoms with van der Waals surface area (Å²) < 4.78 is 25.8. The van der Waals surface area contributed by atoms with E-state index in [9.17, 15) is 0 Å². The highest BCUT2D eigenvalue weighted by molar-refractivity contribution is 6.53. The summed E-state index contributed by atoms with van der Waals surface area (Å²) in [4.78, 5) is 0. The van der Waals surface area contributed by atoms with E-state index in [1.54, 1.807) is 0 Å². The van der Waals surface area contributed by atoms with Gasteiger partial charge in [0.15, 0.2) is 0 Å². The summed E-state index contributed by atoms with van der Waals surface area (Å²) in [6.07, 6.45) is 1.00. The van der Waals surface area contributed by atoms with E-state index in [2.05, 4.69) is 6.92 Å². The maximum absolute atomic E-state index is 5.37. The highest BCUT2D eigenvalue weighted by Gasteiger charge is 2.41. The molecule has 0 rings (SSSR count). The van der Waals surface area contributed by atoms with Crippen LogP contribution in [-0.4, -0.2) is 50.2 Å². The van der Waals surface area contributed by atoms with Gasteiger partial charge in [-0.25, -0.2) is 0 Å². The predicted octanol–water partition coefficient (Wildman–Crippen LogP) is 0.804. The van der Waals surface area contributed by atoms with Crippen molar-refractivity contribution < 1.29 is 22.4 Å². The Morgan fingerprint density at radius 2 is 1.43 bits per heavy atom. The van der Waals surface area contributed by atoms with Crippen molar-refractivity contribution in [3.63, 3.8) is 0 Å². The minimum absolute atomic E-state index is 0.418. The average molecular weight is 224 g/mol. The minimum atomic E-state index is -2.86. The molecule has 0 saturated carbocycles. The lowest BCUT2D eigenvalue weighted by atomic mass is 10.5. The van der Waals surface area contributed by atoms with Crippen molar-refractivity contribution in [3.05, 3.63) is 0 Å². The zero-order valence-corrected chi connectivity index (χ0v) is 10.4. The SMILES string of the molecule is CCCOCCO[Si](OC)(OC)OC. The molecule has 0 fully saturated rings. The Hall–Kier alpha value is 0.0169. The van der Waals surface area contributed by atoms with Gasteiger partial charge >= 0.3 is 9.05 Å². The van der Waals surface area contributed by atoms with Crippen LogP contribution in [-0.2, 0) is 22.4 Å². The first-order chi connectivity index (χ1) is 6.74. The fourth-order valence-electron chi connectivity index (χ4n) is 0.899. The number of hydrogen-bond donors (Lipinski definition) is 0. The lowest BCUT2D eigenvalue weighted by Gasteiger charge is -2.22. The topological polar surface area (TPSA) is 46.2 Å². The van der Waals surface area contributed by atoms with Crippen molar-refractivity contribution in [2.45, 2.75) is 13.3 Å². The molecule has 86 valence electrons. The van der Waals surface area contributed by atoms with E-state index in [1.165, 1.54) is 21.3 Å². The van der Waals surface area contributed by atoms with Crippen molar-refractivity contribution in [1.29, 1.82) is 0 Å². The van der Waals surface area contributed by atoms with Crippen molar-refractivity contribution in [3.8, 4) is 0 Å². The fraction of sp³-hybridized carbons (Fsp3) is 1.00. The molecule has 0 aromatic carbocycles. The summed E-state index contributed by atoms with van der Waals surface area (Å²) in [6.45, 7) is 3.74. The lowest BCUT2D eigenvalue weighted by Crippen LogP contribution is -2.47. The number of rotatable bonds is 9. The molecule has 0 aliphatic carbocycles. The second-order valence-electron chi connectivity index (χ2n) is 2.57. The van der Waals surface area contributed by atoms with Gasteiger partial charge in [0.05, 0.1) is 13.2 Å². The molecule has 0 amide bonds. The van der Waals surface area contributed by atoms with Crippen molar-refractivity contribution in [1.82, 2.24) is 0 Å². The minimum Gasteiger partial charge on any atom is -0.379 e. The molecular formula is C8H20O5Si. The summed E-state index contributed by atoms with van der Waals surface area (Å²) in [5.74, 6) is 0. The first-order valence-electron chi connectivity index (χ1n) is 4.61. The Kier molecular flexibility index (Phi) is 8.35. The summed E-state index contributed by atoms with van der Waals surface area (Å²) in [6, 6.07) is 0. The first-order valence-corrected chi connectivity index (χ1v) is 6.25. The molecule has 14 heavy (non-hydrogen) atoms. The van der Waals surface area contributed by atoms with Crippen LogP contribution in [0.5, 0.6) is 0 Å². The number of ether oxygens (including phenoxy) is 1. The second-order valence-corrected chi connectivity index (χ2v) is 5.09. The molecule has 0 aliphatic rings. The quantitative estimate of drug-likeness (QED) is 0.428. The molecule has 0 heterocycles. The third kappa shape index (κ3) is 5.04. The highest BCUT2D eigenvalue weighted by Crippen LogP contribution is 2.07. The van der Waals surface area contributed by atoms with Gasteiger partial charge in [-0.1, -0.05) is 6.92 Å². The molecule has 0 N–H and O–H groups in total. The predicted molar refractivity (Wildman–Crippen MR) is 53.8 cm³/mol. The van der Waals surface area contributed by atoms with E-state index in [0.29, 0.717) is 13.2 Å². The Balaban J connectivity index is 3.61. The molecule has 5 nitrogen and oxygen atoms in total. The van der Waals surface area contributed by atoms with Crippen LogP contribution in [0.4, 0.5) is 0 Å². The zero-order chi connectivity index (χ0) is 10.9. The monoisotopic (exact) mass is 224 g/mol. The summed E-state index contributed by atoms with van der Waals surface area (Å²) in [5, 5.41) is 0. The van der Waals surface area contributed by atoms with E-state index in [0.717, 1.165) is 13.0 Å². The molecule has 0 atom stereocenters. The van der Waals surface area contributed by atoms with Gasteiger partial charge in [-0.05, 0) is 6.42 Å². The molecule has 6 heteroatoms. The van der Waals surface area contributed by atoms with E-state index in [-0.39, 0.29) is 0 Å². The molecule has 0 saturated heterocycles.